The van der Waals surface area contributed by atoms with E-state index in [1.165, 1.54) is 42.3 Å². The normalized spacial score (nSPS) is 11.6. The van der Waals surface area contributed by atoms with Crippen LogP contribution in [0.25, 0.3) is 6.08 Å². The van der Waals surface area contributed by atoms with Crippen molar-refractivity contribution in [3.63, 3.8) is 0 Å². The number of carbonyl (C=O) groups is 1. The van der Waals surface area contributed by atoms with E-state index < -0.39 is 12.3 Å². The second-order valence-electron chi connectivity index (χ2n) is 6.51. The molecule has 30 heavy (non-hydrogen) atoms. The van der Waals surface area contributed by atoms with Crippen molar-refractivity contribution >= 4 is 12.0 Å². The first-order chi connectivity index (χ1) is 14.3. The Morgan fingerprint density at radius 3 is 2.57 bits per heavy atom. The number of likely N-dealkylation sites (N-methyl/N-ethyl adjacent to an activating group) is 1. The second kappa shape index (κ2) is 9.25. The Kier molecular flexibility index (Phi) is 6.51. The largest absolute Gasteiger partial charge is 0.573 e. The standard InChI is InChI=1S/C21H19F3N4O2/c1-27(14-17-9-5-6-10-19(17)30-21(22,23)24)20(29)12-11-18-15-28(26-25-18)13-16-7-3-2-4-8-16/h2-12,15H,13-14H2,1H3/b12-11+. The van der Waals surface area contributed by atoms with E-state index in [0.717, 1.165) is 5.56 Å². The molecule has 156 valence electrons. The van der Waals surface area contributed by atoms with Crippen LogP contribution in [0.1, 0.15) is 16.8 Å². The number of carbonyl (C=O) groups excluding carboxylic acids is 1. The quantitative estimate of drug-likeness (QED) is 0.548. The number of halogens is 3. The van der Waals surface area contributed by atoms with Crippen molar-refractivity contribution in [3.8, 4) is 5.75 Å². The third kappa shape index (κ3) is 6.20. The summed E-state index contributed by atoms with van der Waals surface area (Å²) in [4.78, 5) is 13.6. The van der Waals surface area contributed by atoms with Crippen LogP contribution in [-0.2, 0) is 17.9 Å². The van der Waals surface area contributed by atoms with Crippen LogP contribution in [0.2, 0.25) is 0 Å². The van der Waals surface area contributed by atoms with Crippen LogP contribution in [0.4, 0.5) is 13.2 Å². The predicted octanol–water partition coefficient (Wildman–Crippen LogP) is 3.90. The van der Waals surface area contributed by atoms with E-state index >= 15 is 0 Å². The number of ether oxygens (including phenoxy) is 1. The fourth-order valence-electron chi connectivity index (χ4n) is 2.71. The number of rotatable bonds is 7. The van der Waals surface area contributed by atoms with E-state index in [-0.39, 0.29) is 17.9 Å². The van der Waals surface area contributed by atoms with Gasteiger partial charge in [0.25, 0.3) is 0 Å². The maximum Gasteiger partial charge on any atom is 0.573 e. The average Bonchev–Trinajstić information content (AvgIpc) is 3.14. The summed E-state index contributed by atoms with van der Waals surface area (Å²) in [6.45, 7) is 0.502. The van der Waals surface area contributed by atoms with Gasteiger partial charge in [0, 0.05) is 25.2 Å². The summed E-state index contributed by atoms with van der Waals surface area (Å²) in [7, 11) is 1.49. The molecular formula is C21H19F3N4O2. The monoisotopic (exact) mass is 416 g/mol. The molecule has 0 saturated heterocycles. The molecule has 0 saturated carbocycles. The molecule has 1 heterocycles. The van der Waals surface area contributed by atoms with Gasteiger partial charge in [-0.3, -0.25) is 4.79 Å². The van der Waals surface area contributed by atoms with E-state index in [2.05, 4.69) is 15.0 Å². The van der Waals surface area contributed by atoms with Gasteiger partial charge in [0.2, 0.25) is 5.91 Å². The second-order valence-corrected chi connectivity index (χ2v) is 6.51. The first-order valence-electron chi connectivity index (χ1n) is 9.01. The fraction of sp³-hybridized carbons (Fsp3) is 0.190. The molecule has 2 aromatic carbocycles. The van der Waals surface area contributed by atoms with E-state index in [1.54, 1.807) is 16.9 Å². The van der Waals surface area contributed by atoms with Crippen molar-refractivity contribution < 1.29 is 22.7 Å². The Balaban J connectivity index is 1.60. The lowest BCUT2D eigenvalue weighted by atomic mass is 10.2. The SMILES string of the molecule is CN(Cc1ccccc1OC(F)(F)F)C(=O)/C=C/c1cn(Cc2ccccc2)nn1. The van der Waals surface area contributed by atoms with E-state index in [9.17, 15) is 18.0 Å². The van der Waals surface area contributed by atoms with Crippen molar-refractivity contribution in [1.82, 2.24) is 19.9 Å². The smallest absolute Gasteiger partial charge is 0.405 e. The summed E-state index contributed by atoms with van der Waals surface area (Å²) in [5, 5.41) is 8.01. The molecule has 1 aromatic heterocycles. The number of alkyl halides is 3. The van der Waals surface area contributed by atoms with Crippen molar-refractivity contribution in [2.24, 2.45) is 0 Å². The minimum Gasteiger partial charge on any atom is -0.405 e. The Morgan fingerprint density at radius 2 is 1.83 bits per heavy atom. The Labute approximate surface area is 171 Å². The van der Waals surface area contributed by atoms with Gasteiger partial charge in [-0.2, -0.15) is 0 Å². The van der Waals surface area contributed by atoms with Gasteiger partial charge in [-0.05, 0) is 17.7 Å². The van der Waals surface area contributed by atoms with Crippen LogP contribution in [0.3, 0.4) is 0 Å². The molecule has 0 aliphatic carbocycles. The van der Waals surface area contributed by atoms with Crippen LogP contribution in [0.15, 0.2) is 66.9 Å². The zero-order valence-corrected chi connectivity index (χ0v) is 16.1. The lowest BCUT2D eigenvalue weighted by Crippen LogP contribution is -2.25. The predicted molar refractivity (Wildman–Crippen MR) is 104 cm³/mol. The molecule has 3 rings (SSSR count). The maximum atomic E-state index is 12.5. The van der Waals surface area contributed by atoms with Gasteiger partial charge in [0.1, 0.15) is 11.4 Å². The van der Waals surface area contributed by atoms with Crippen LogP contribution < -0.4 is 4.74 Å². The summed E-state index contributed by atoms with van der Waals surface area (Å²) >= 11 is 0. The van der Waals surface area contributed by atoms with E-state index in [4.69, 9.17) is 0 Å². The van der Waals surface area contributed by atoms with Gasteiger partial charge in [-0.1, -0.05) is 53.7 Å². The van der Waals surface area contributed by atoms with Crippen LogP contribution in [0, 0.1) is 0 Å². The van der Waals surface area contributed by atoms with Gasteiger partial charge in [-0.25, -0.2) is 4.68 Å². The summed E-state index contributed by atoms with van der Waals surface area (Å²) in [5.74, 6) is -0.730. The molecule has 6 nitrogen and oxygen atoms in total. The fourth-order valence-corrected chi connectivity index (χ4v) is 2.71. The highest BCUT2D eigenvalue weighted by Gasteiger charge is 2.32. The average molecular weight is 416 g/mol. The topological polar surface area (TPSA) is 60.2 Å². The lowest BCUT2D eigenvalue weighted by Gasteiger charge is -2.18. The molecule has 0 unspecified atom stereocenters. The maximum absolute atomic E-state index is 12.5. The minimum atomic E-state index is -4.80. The highest BCUT2D eigenvalue weighted by Crippen LogP contribution is 2.27. The van der Waals surface area contributed by atoms with Crippen molar-refractivity contribution in [1.29, 1.82) is 0 Å². The Bertz CT molecular complexity index is 1020. The first kappa shape index (κ1) is 21.1. The number of para-hydroxylation sites is 1. The van der Waals surface area contributed by atoms with Crippen LogP contribution in [0.5, 0.6) is 5.75 Å². The molecular weight excluding hydrogens is 397 g/mol. The van der Waals surface area contributed by atoms with Crippen LogP contribution in [-0.4, -0.2) is 39.2 Å². The molecule has 0 aliphatic rings. The summed E-state index contributed by atoms with van der Waals surface area (Å²) in [6.07, 6.45) is -0.303. The van der Waals surface area contributed by atoms with Crippen molar-refractivity contribution in [2.75, 3.05) is 7.05 Å². The zero-order chi connectivity index (χ0) is 21.6. The molecule has 1 amide bonds. The molecule has 0 N–H and O–H groups in total. The molecule has 0 bridgehead atoms. The molecule has 0 fully saturated rings. The Morgan fingerprint density at radius 1 is 1.13 bits per heavy atom. The number of nitrogens with zero attached hydrogens (tertiary/aromatic N) is 4. The summed E-state index contributed by atoms with van der Waals surface area (Å²) < 4.78 is 43.3. The van der Waals surface area contributed by atoms with Gasteiger partial charge in [-0.15, -0.1) is 18.3 Å². The third-order valence-corrected chi connectivity index (χ3v) is 4.12. The number of hydrogen-bond donors (Lipinski definition) is 0. The van der Waals surface area contributed by atoms with Gasteiger partial charge in [0.15, 0.2) is 0 Å². The molecule has 0 radical (unpaired) electrons. The first-order valence-corrected chi connectivity index (χ1v) is 9.01. The van der Waals surface area contributed by atoms with Gasteiger partial charge in [0.05, 0.1) is 12.7 Å². The van der Waals surface area contributed by atoms with Crippen LogP contribution >= 0.6 is 0 Å². The Hall–Kier alpha value is -3.62. The van der Waals surface area contributed by atoms with Gasteiger partial charge < -0.3 is 9.64 Å². The summed E-state index contributed by atoms with van der Waals surface area (Å²) in [5.41, 5.74) is 1.80. The molecule has 0 aliphatic heterocycles. The highest BCUT2D eigenvalue weighted by molar-refractivity contribution is 5.91. The number of hydrogen-bond acceptors (Lipinski definition) is 4. The van der Waals surface area contributed by atoms with E-state index in [0.29, 0.717) is 12.2 Å². The number of aromatic nitrogens is 3. The molecule has 0 spiro atoms. The minimum absolute atomic E-state index is 0.0455. The van der Waals surface area contributed by atoms with Gasteiger partial charge >= 0.3 is 6.36 Å². The van der Waals surface area contributed by atoms with Crippen molar-refractivity contribution in [2.45, 2.75) is 19.5 Å². The zero-order valence-electron chi connectivity index (χ0n) is 16.1. The number of amides is 1. The van der Waals surface area contributed by atoms with Crippen molar-refractivity contribution in [3.05, 3.63) is 83.7 Å². The molecule has 9 heteroatoms. The highest BCUT2D eigenvalue weighted by atomic mass is 19.4. The molecule has 0 atom stereocenters. The number of benzene rings is 2. The lowest BCUT2D eigenvalue weighted by molar-refractivity contribution is -0.275. The third-order valence-electron chi connectivity index (χ3n) is 4.12. The summed E-state index contributed by atoms with van der Waals surface area (Å²) in [6, 6.07) is 15.4. The van der Waals surface area contributed by atoms with E-state index in [1.807, 2.05) is 30.3 Å². The molecule has 3 aromatic rings.